The lowest BCUT2D eigenvalue weighted by atomic mass is 10.1. The minimum absolute atomic E-state index is 0.225. The van der Waals surface area contributed by atoms with E-state index in [1.165, 1.54) is 18.2 Å². The summed E-state index contributed by atoms with van der Waals surface area (Å²) < 4.78 is 13.7. The molecule has 0 bridgehead atoms. The van der Waals surface area contributed by atoms with Gasteiger partial charge in [0.2, 0.25) is 0 Å². The van der Waals surface area contributed by atoms with E-state index in [0.29, 0.717) is 22.1 Å². The second-order valence-electron chi connectivity index (χ2n) is 4.64. The second kappa shape index (κ2) is 5.63. The van der Waals surface area contributed by atoms with Crippen LogP contribution in [0.2, 0.25) is 5.02 Å². The van der Waals surface area contributed by atoms with Crippen molar-refractivity contribution in [2.75, 3.05) is 5.32 Å². The van der Waals surface area contributed by atoms with Gasteiger partial charge in [0, 0.05) is 5.02 Å². The first-order valence-corrected chi connectivity index (χ1v) is 6.55. The van der Waals surface area contributed by atoms with Gasteiger partial charge in [-0.25, -0.2) is 9.37 Å². The van der Waals surface area contributed by atoms with Gasteiger partial charge >= 0.3 is 0 Å². The highest BCUT2D eigenvalue weighted by Gasteiger charge is 2.16. The van der Waals surface area contributed by atoms with Crippen molar-refractivity contribution >= 4 is 17.3 Å². The molecule has 0 radical (unpaired) electrons. The third-order valence-electron chi connectivity index (χ3n) is 3.00. The van der Waals surface area contributed by atoms with Crippen molar-refractivity contribution in [3.63, 3.8) is 0 Å². The summed E-state index contributed by atoms with van der Waals surface area (Å²) in [5.41, 5.74) is 1.13. The predicted molar refractivity (Wildman–Crippen MR) is 77.8 cm³/mol. The summed E-state index contributed by atoms with van der Waals surface area (Å²) in [6, 6.07) is 3.85. The van der Waals surface area contributed by atoms with Crippen LogP contribution < -0.4 is 10.9 Å². The number of nitrogens with zero attached hydrogens (tertiary/aromatic N) is 1. The number of H-pyrrole nitrogens is 1. The molecule has 0 aliphatic heterocycles. The molecular formula is C14H15ClFN3O. The van der Waals surface area contributed by atoms with Crippen LogP contribution in [0, 0.1) is 19.7 Å². The molecule has 0 aliphatic rings. The van der Waals surface area contributed by atoms with E-state index < -0.39 is 5.82 Å². The molecule has 2 aromatic rings. The summed E-state index contributed by atoms with van der Waals surface area (Å²) in [6.45, 7) is 5.24. The Morgan fingerprint density at radius 1 is 1.40 bits per heavy atom. The molecule has 2 rings (SSSR count). The molecule has 0 aliphatic carbocycles. The van der Waals surface area contributed by atoms with Crippen LogP contribution in [0.5, 0.6) is 0 Å². The van der Waals surface area contributed by atoms with Crippen LogP contribution in [0.1, 0.15) is 30.0 Å². The van der Waals surface area contributed by atoms with Crippen LogP contribution in [-0.2, 0) is 0 Å². The van der Waals surface area contributed by atoms with Crippen molar-refractivity contribution in [3.8, 4) is 0 Å². The number of aryl methyl sites for hydroxylation is 2. The molecule has 0 saturated heterocycles. The number of aromatic amines is 1. The Balaban J connectivity index is 2.36. The van der Waals surface area contributed by atoms with Gasteiger partial charge in [0.25, 0.3) is 5.56 Å². The predicted octanol–water partition coefficient (Wildman–Crippen LogP) is 3.35. The molecule has 6 heteroatoms. The smallest absolute Gasteiger partial charge is 0.256 e. The molecule has 1 unspecified atom stereocenters. The number of benzene rings is 1. The monoisotopic (exact) mass is 295 g/mol. The Hall–Kier alpha value is -1.88. The van der Waals surface area contributed by atoms with E-state index in [0.717, 1.165) is 0 Å². The molecule has 0 spiro atoms. The minimum atomic E-state index is -0.421. The lowest BCUT2D eigenvalue weighted by Crippen LogP contribution is -2.23. The topological polar surface area (TPSA) is 57.8 Å². The zero-order valence-electron chi connectivity index (χ0n) is 11.4. The maximum Gasteiger partial charge on any atom is 0.256 e. The number of anilines is 1. The Morgan fingerprint density at radius 3 is 2.75 bits per heavy atom. The number of rotatable bonds is 3. The standard InChI is InChI=1S/C14H15ClFN3O/c1-7-13(14(20)19-9(3)17-7)8(2)18-12-6-10(15)4-5-11(12)16/h4-6,8,18H,1-3H3,(H,17,19,20). The van der Waals surface area contributed by atoms with Gasteiger partial charge in [-0.15, -0.1) is 0 Å². The van der Waals surface area contributed by atoms with Gasteiger partial charge in [-0.05, 0) is 39.0 Å². The van der Waals surface area contributed by atoms with E-state index in [1.54, 1.807) is 20.8 Å². The van der Waals surface area contributed by atoms with Gasteiger partial charge in [-0.1, -0.05) is 11.6 Å². The lowest BCUT2D eigenvalue weighted by Gasteiger charge is -2.17. The summed E-state index contributed by atoms with van der Waals surface area (Å²) in [5.74, 6) is 0.132. The van der Waals surface area contributed by atoms with Crippen LogP contribution in [0.3, 0.4) is 0 Å². The fourth-order valence-corrected chi connectivity index (χ4v) is 2.33. The molecule has 20 heavy (non-hydrogen) atoms. The average molecular weight is 296 g/mol. The third kappa shape index (κ3) is 2.99. The minimum Gasteiger partial charge on any atom is -0.376 e. The molecule has 0 saturated carbocycles. The van der Waals surface area contributed by atoms with E-state index in [1.807, 2.05) is 0 Å². The zero-order valence-corrected chi connectivity index (χ0v) is 12.2. The van der Waals surface area contributed by atoms with Crippen LogP contribution in [-0.4, -0.2) is 9.97 Å². The molecule has 2 N–H and O–H groups in total. The fraction of sp³-hybridized carbons (Fsp3) is 0.286. The van der Waals surface area contributed by atoms with Crippen molar-refractivity contribution in [1.82, 2.24) is 9.97 Å². The molecule has 106 valence electrons. The van der Waals surface area contributed by atoms with Gasteiger partial charge in [-0.2, -0.15) is 0 Å². The molecule has 1 aromatic heterocycles. The molecular weight excluding hydrogens is 281 g/mol. The van der Waals surface area contributed by atoms with Crippen LogP contribution in [0.4, 0.5) is 10.1 Å². The SMILES string of the molecule is Cc1nc(C)c(C(C)Nc2cc(Cl)ccc2F)c(=O)[nH]1. The summed E-state index contributed by atoms with van der Waals surface area (Å²) in [6.07, 6.45) is 0. The van der Waals surface area contributed by atoms with E-state index in [2.05, 4.69) is 15.3 Å². The number of hydrogen-bond donors (Lipinski definition) is 2. The Labute approximate surface area is 121 Å². The van der Waals surface area contributed by atoms with E-state index >= 15 is 0 Å². The van der Waals surface area contributed by atoms with Crippen LogP contribution >= 0.6 is 11.6 Å². The first kappa shape index (κ1) is 14.5. The van der Waals surface area contributed by atoms with Crippen molar-refractivity contribution in [2.24, 2.45) is 0 Å². The van der Waals surface area contributed by atoms with Crippen molar-refractivity contribution in [2.45, 2.75) is 26.8 Å². The highest BCUT2D eigenvalue weighted by atomic mass is 35.5. The first-order valence-electron chi connectivity index (χ1n) is 6.17. The maximum absolute atomic E-state index is 13.7. The van der Waals surface area contributed by atoms with Crippen molar-refractivity contribution in [3.05, 3.63) is 56.5 Å². The number of nitrogens with one attached hydrogen (secondary N) is 2. The van der Waals surface area contributed by atoms with E-state index in [4.69, 9.17) is 11.6 Å². The summed E-state index contributed by atoms with van der Waals surface area (Å²) in [7, 11) is 0. The van der Waals surface area contributed by atoms with Gasteiger partial charge in [0.1, 0.15) is 11.6 Å². The number of aromatic nitrogens is 2. The molecule has 1 heterocycles. The quantitative estimate of drug-likeness (QED) is 0.913. The molecule has 0 amide bonds. The number of halogens is 2. The van der Waals surface area contributed by atoms with E-state index in [-0.39, 0.29) is 17.3 Å². The molecule has 4 nitrogen and oxygen atoms in total. The van der Waals surface area contributed by atoms with E-state index in [9.17, 15) is 9.18 Å². The molecule has 1 atom stereocenters. The highest BCUT2D eigenvalue weighted by Crippen LogP contribution is 2.24. The normalized spacial score (nSPS) is 12.2. The largest absolute Gasteiger partial charge is 0.376 e. The zero-order chi connectivity index (χ0) is 14.9. The van der Waals surface area contributed by atoms with Gasteiger partial charge < -0.3 is 10.3 Å². The fourth-order valence-electron chi connectivity index (χ4n) is 2.16. The number of hydrogen-bond acceptors (Lipinski definition) is 3. The summed E-state index contributed by atoms with van der Waals surface area (Å²) in [5, 5.41) is 3.37. The second-order valence-corrected chi connectivity index (χ2v) is 5.08. The maximum atomic E-state index is 13.7. The summed E-state index contributed by atoms with van der Waals surface area (Å²) >= 11 is 5.84. The Morgan fingerprint density at radius 2 is 2.10 bits per heavy atom. The van der Waals surface area contributed by atoms with Gasteiger partial charge in [-0.3, -0.25) is 4.79 Å². The average Bonchev–Trinajstić information content (AvgIpc) is 2.32. The third-order valence-corrected chi connectivity index (χ3v) is 3.23. The van der Waals surface area contributed by atoms with Crippen LogP contribution in [0.15, 0.2) is 23.0 Å². The lowest BCUT2D eigenvalue weighted by molar-refractivity contribution is 0.627. The Kier molecular flexibility index (Phi) is 4.09. The van der Waals surface area contributed by atoms with Gasteiger partial charge in [0.05, 0.1) is 23.0 Å². The molecule has 0 fully saturated rings. The molecule has 1 aromatic carbocycles. The van der Waals surface area contributed by atoms with Crippen molar-refractivity contribution < 1.29 is 4.39 Å². The highest BCUT2D eigenvalue weighted by molar-refractivity contribution is 6.30. The van der Waals surface area contributed by atoms with Crippen molar-refractivity contribution in [1.29, 1.82) is 0 Å². The van der Waals surface area contributed by atoms with Gasteiger partial charge in [0.15, 0.2) is 0 Å². The summed E-state index contributed by atoms with van der Waals surface area (Å²) in [4.78, 5) is 18.9. The van der Waals surface area contributed by atoms with Crippen LogP contribution in [0.25, 0.3) is 0 Å². The first-order chi connectivity index (χ1) is 9.38. The Bertz CT molecular complexity index is 699.